The molecule has 3 aromatic rings. The highest BCUT2D eigenvalue weighted by atomic mass is 16.2. The summed E-state index contributed by atoms with van der Waals surface area (Å²) in [6, 6.07) is 14.7. The molecule has 0 saturated carbocycles. The largest absolute Gasteiger partial charge is 0.345 e. The summed E-state index contributed by atoms with van der Waals surface area (Å²) in [6.07, 6.45) is 8.10. The van der Waals surface area contributed by atoms with Crippen molar-refractivity contribution in [3.8, 4) is 0 Å². The number of nitrogens with one attached hydrogen (secondary N) is 1. The maximum Gasteiger partial charge on any atom is 0.244 e. The number of para-hydroxylation sites is 1. The number of amides is 2. The molecule has 34 heavy (non-hydrogen) atoms. The Morgan fingerprint density at radius 2 is 1.97 bits per heavy atom. The number of nitrogens with zero attached hydrogens (tertiary/aromatic N) is 3. The normalized spacial score (nSPS) is 19.0. The number of hydrogen-bond acceptors (Lipinski definition) is 3. The van der Waals surface area contributed by atoms with Crippen molar-refractivity contribution in [3.05, 3.63) is 89.6 Å². The first-order valence-corrected chi connectivity index (χ1v) is 11.8. The topological polar surface area (TPSA) is 57.6 Å². The standard InChI is InChI=1S/C28H30N4O2/c1-3-4-7-22-14-21(11-10-20(22)2)16-31-18-23(24-8-5-6-9-25(24)31)17-30-12-13-32-26(19-30)28(34)29-15-27(32)33/h3-11,14,18,26H,1,12-13,15-17,19H2,2H3,(H,29,34)/b7-4-. The minimum absolute atomic E-state index is 0.0151. The molecule has 1 N–H and O–H groups in total. The second-order valence-corrected chi connectivity index (χ2v) is 9.14. The molecule has 2 saturated heterocycles. The highest BCUT2D eigenvalue weighted by Gasteiger charge is 2.38. The summed E-state index contributed by atoms with van der Waals surface area (Å²) >= 11 is 0. The molecule has 174 valence electrons. The maximum atomic E-state index is 12.4. The lowest BCUT2D eigenvalue weighted by molar-refractivity contribution is -0.149. The van der Waals surface area contributed by atoms with Crippen LogP contribution in [0.1, 0.15) is 22.3 Å². The van der Waals surface area contributed by atoms with E-state index in [0.717, 1.165) is 19.6 Å². The molecule has 0 spiro atoms. The number of fused-ring (bicyclic) bond motifs is 2. The summed E-state index contributed by atoms with van der Waals surface area (Å²) in [5.74, 6) is -0.0336. The van der Waals surface area contributed by atoms with Gasteiger partial charge in [0.05, 0.1) is 6.54 Å². The Balaban J connectivity index is 1.39. The van der Waals surface area contributed by atoms with Gasteiger partial charge in [-0.25, -0.2) is 0 Å². The smallest absolute Gasteiger partial charge is 0.244 e. The fourth-order valence-corrected chi connectivity index (χ4v) is 5.04. The van der Waals surface area contributed by atoms with E-state index in [2.05, 4.69) is 83.0 Å². The van der Waals surface area contributed by atoms with Crippen LogP contribution in [0.25, 0.3) is 17.0 Å². The lowest BCUT2D eigenvalue weighted by atomic mass is 10.0. The number of carbonyl (C=O) groups is 2. The molecule has 2 aromatic carbocycles. The van der Waals surface area contributed by atoms with Crippen molar-refractivity contribution < 1.29 is 9.59 Å². The Hall–Kier alpha value is -3.64. The molecule has 0 radical (unpaired) electrons. The Morgan fingerprint density at radius 3 is 2.82 bits per heavy atom. The van der Waals surface area contributed by atoms with Crippen LogP contribution in [0.4, 0.5) is 0 Å². The highest BCUT2D eigenvalue weighted by Crippen LogP contribution is 2.26. The fourth-order valence-electron chi connectivity index (χ4n) is 5.04. The molecule has 3 heterocycles. The third kappa shape index (κ3) is 4.29. The van der Waals surface area contributed by atoms with Crippen molar-refractivity contribution in [1.29, 1.82) is 0 Å². The van der Waals surface area contributed by atoms with Crippen molar-refractivity contribution in [3.63, 3.8) is 0 Å². The van der Waals surface area contributed by atoms with E-state index in [9.17, 15) is 9.59 Å². The van der Waals surface area contributed by atoms with Crippen LogP contribution in [-0.2, 0) is 22.7 Å². The number of hydrogen-bond donors (Lipinski definition) is 1. The molecule has 6 nitrogen and oxygen atoms in total. The predicted octanol–water partition coefficient (Wildman–Crippen LogP) is 3.34. The summed E-state index contributed by atoms with van der Waals surface area (Å²) in [6.45, 7) is 9.47. The number of carbonyl (C=O) groups excluding carboxylic acids is 2. The summed E-state index contributed by atoms with van der Waals surface area (Å²) in [4.78, 5) is 28.6. The molecule has 2 fully saturated rings. The number of aryl methyl sites for hydroxylation is 1. The van der Waals surface area contributed by atoms with E-state index in [1.54, 1.807) is 11.0 Å². The van der Waals surface area contributed by atoms with Gasteiger partial charge in [-0.15, -0.1) is 0 Å². The second kappa shape index (κ2) is 9.31. The molecule has 1 atom stereocenters. The monoisotopic (exact) mass is 454 g/mol. The van der Waals surface area contributed by atoms with E-state index in [-0.39, 0.29) is 18.4 Å². The summed E-state index contributed by atoms with van der Waals surface area (Å²) in [5, 5.41) is 3.96. The molecule has 0 aliphatic carbocycles. The fraction of sp³-hybridized carbons (Fsp3) is 0.286. The SMILES string of the molecule is C=C/C=C\c1cc(Cn2cc(CN3CCN4C(=O)CNC(=O)C4C3)c3ccccc32)ccc1C. The van der Waals surface area contributed by atoms with Crippen LogP contribution in [0.2, 0.25) is 0 Å². The Morgan fingerprint density at radius 1 is 1.12 bits per heavy atom. The number of rotatable bonds is 6. The molecule has 0 bridgehead atoms. The zero-order valence-electron chi connectivity index (χ0n) is 19.5. The molecule has 2 amide bonds. The number of piperazine rings is 2. The third-order valence-electron chi connectivity index (χ3n) is 6.87. The lowest BCUT2D eigenvalue weighted by Gasteiger charge is -2.42. The predicted molar refractivity (Wildman–Crippen MR) is 135 cm³/mol. The molecule has 2 aliphatic heterocycles. The van der Waals surface area contributed by atoms with Crippen LogP contribution < -0.4 is 5.32 Å². The molecule has 2 aliphatic rings. The van der Waals surface area contributed by atoms with E-state index >= 15 is 0 Å². The van der Waals surface area contributed by atoms with Gasteiger partial charge in [0.2, 0.25) is 11.8 Å². The lowest BCUT2D eigenvalue weighted by Crippen LogP contribution is -2.65. The zero-order chi connectivity index (χ0) is 23.7. The van der Waals surface area contributed by atoms with Crippen molar-refractivity contribution in [2.45, 2.75) is 26.1 Å². The maximum absolute atomic E-state index is 12.4. The van der Waals surface area contributed by atoms with Gasteiger partial charge >= 0.3 is 0 Å². The van der Waals surface area contributed by atoms with Gasteiger partial charge in [0.25, 0.3) is 0 Å². The summed E-state index contributed by atoms with van der Waals surface area (Å²) in [7, 11) is 0. The number of benzene rings is 2. The van der Waals surface area contributed by atoms with Gasteiger partial charge in [0, 0.05) is 49.8 Å². The van der Waals surface area contributed by atoms with E-state index in [1.807, 2.05) is 6.08 Å². The minimum atomic E-state index is -0.391. The average Bonchev–Trinajstić information content (AvgIpc) is 3.19. The third-order valence-corrected chi connectivity index (χ3v) is 6.87. The molecule has 1 aromatic heterocycles. The van der Waals surface area contributed by atoms with E-state index in [0.29, 0.717) is 13.1 Å². The van der Waals surface area contributed by atoms with Gasteiger partial charge < -0.3 is 14.8 Å². The minimum Gasteiger partial charge on any atom is -0.345 e. The van der Waals surface area contributed by atoms with Crippen molar-refractivity contribution in [1.82, 2.24) is 19.7 Å². The van der Waals surface area contributed by atoms with Crippen molar-refractivity contribution in [2.75, 3.05) is 26.2 Å². The summed E-state index contributed by atoms with van der Waals surface area (Å²) in [5.41, 5.74) is 6.13. The zero-order valence-corrected chi connectivity index (χ0v) is 19.5. The first kappa shape index (κ1) is 22.2. The molecular formula is C28H30N4O2. The second-order valence-electron chi connectivity index (χ2n) is 9.14. The van der Waals surface area contributed by atoms with Gasteiger partial charge in [-0.1, -0.05) is 55.1 Å². The first-order valence-electron chi connectivity index (χ1n) is 11.8. The first-order chi connectivity index (χ1) is 16.5. The van der Waals surface area contributed by atoms with Crippen LogP contribution in [0.3, 0.4) is 0 Å². The Bertz CT molecular complexity index is 1290. The molecule has 6 heteroatoms. The average molecular weight is 455 g/mol. The van der Waals surface area contributed by atoms with E-state index in [1.165, 1.54) is 33.2 Å². The van der Waals surface area contributed by atoms with Gasteiger partial charge in [0.15, 0.2) is 0 Å². The summed E-state index contributed by atoms with van der Waals surface area (Å²) < 4.78 is 2.31. The van der Waals surface area contributed by atoms with Crippen molar-refractivity contribution in [2.24, 2.45) is 0 Å². The highest BCUT2D eigenvalue weighted by molar-refractivity contribution is 5.95. The van der Waals surface area contributed by atoms with Gasteiger partial charge in [-0.2, -0.15) is 0 Å². The van der Waals surface area contributed by atoms with Crippen LogP contribution in [0, 0.1) is 6.92 Å². The van der Waals surface area contributed by atoms with E-state index in [4.69, 9.17) is 0 Å². The van der Waals surface area contributed by atoms with Gasteiger partial charge in [0.1, 0.15) is 6.04 Å². The molecule has 1 unspecified atom stereocenters. The Kier molecular flexibility index (Phi) is 6.07. The number of aromatic nitrogens is 1. The van der Waals surface area contributed by atoms with Gasteiger partial charge in [-0.3, -0.25) is 14.5 Å². The molecular weight excluding hydrogens is 424 g/mol. The van der Waals surface area contributed by atoms with E-state index < -0.39 is 6.04 Å². The van der Waals surface area contributed by atoms with Crippen LogP contribution >= 0.6 is 0 Å². The van der Waals surface area contributed by atoms with Crippen LogP contribution in [0.5, 0.6) is 0 Å². The number of allylic oxidation sites excluding steroid dienone is 2. The van der Waals surface area contributed by atoms with Crippen LogP contribution in [0.15, 0.2) is 67.4 Å². The van der Waals surface area contributed by atoms with Crippen LogP contribution in [-0.4, -0.2) is 58.4 Å². The van der Waals surface area contributed by atoms with Gasteiger partial charge in [-0.05, 0) is 41.3 Å². The van der Waals surface area contributed by atoms with Crippen molar-refractivity contribution >= 4 is 28.8 Å². The molecule has 5 rings (SSSR count). The quantitative estimate of drug-likeness (QED) is 0.582. The Labute approximate surface area is 200 Å².